The Labute approximate surface area is 78.0 Å². The molecule has 14 heavy (non-hydrogen) atoms. The molecule has 0 atom stereocenters. The first kappa shape index (κ1) is 10.1. The number of halogens is 2. The summed E-state index contributed by atoms with van der Waals surface area (Å²) in [6, 6.07) is 2.55. The Morgan fingerprint density at radius 3 is 2.71 bits per heavy atom. The SMILES string of the molecule is N#Cc1nc(C(F)F)c(N)cc1C=O. The maximum Gasteiger partial charge on any atom is 0.282 e. The molecule has 0 saturated heterocycles. The third-order valence-corrected chi connectivity index (χ3v) is 1.55. The van der Waals surface area contributed by atoms with E-state index in [9.17, 15) is 13.6 Å². The van der Waals surface area contributed by atoms with Gasteiger partial charge in [-0.3, -0.25) is 4.79 Å². The van der Waals surface area contributed by atoms with Crippen molar-refractivity contribution in [2.45, 2.75) is 6.43 Å². The van der Waals surface area contributed by atoms with Gasteiger partial charge in [0.2, 0.25) is 0 Å². The second-order valence-electron chi connectivity index (χ2n) is 2.43. The number of anilines is 1. The van der Waals surface area contributed by atoms with Crippen LogP contribution in [0.3, 0.4) is 0 Å². The van der Waals surface area contributed by atoms with Gasteiger partial charge >= 0.3 is 0 Å². The second kappa shape index (κ2) is 3.79. The highest BCUT2D eigenvalue weighted by Gasteiger charge is 2.16. The van der Waals surface area contributed by atoms with Crippen LogP contribution in [0, 0.1) is 11.3 Å². The van der Waals surface area contributed by atoms with Crippen LogP contribution < -0.4 is 5.73 Å². The Morgan fingerprint density at radius 2 is 2.29 bits per heavy atom. The average Bonchev–Trinajstić information content (AvgIpc) is 2.16. The van der Waals surface area contributed by atoms with Gasteiger partial charge in [-0.15, -0.1) is 0 Å². The Bertz CT molecular complexity index is 412. The van der Waals surface area contributed by atoms with Crippen LogP contribution in [0.4, 0.5) is 14.5 Å². The molecule has 1 rings (SSSR count). The molecule has 0 fully saturated rings. The molecule has 1 aromatic rings. The normalized spacial score (nSPS) is 9.86. The molecule has 0 aliphatic carbocycles. The van der Waals surface area contributed by atoms with Crippen molar-refractivity contribution in [1.29, 1.82) is 5.26 Å². The summed E-state index contributed by atoms with van der Waals surface area (Å²) in [5.74, 6) is 0. The molecule has 0 aliphatic rings. The average molecular weight is 197 g/mol. The third kappa shape index (κ3) is 1.66. The topological polar surface area (TPSA) is 79.8 Å². The first-order valence-corrected chi connectivity index (χ1v) is 3.54. The lowest BCUT2D eigenvalue weighted by Crippen LogP contribution is -2.03. The number of nitriles is 1. The van der Waals surface area contributed by atoms with Gasteiger partial charge < -0.3 is 5.73 Å². The Hall–Kier alpha value is -2.03. The summed E-state index contributed by atoms with van der Waals surface area (Å²) in [6.45, 7) is 0. The van der Waals surface area contributed by atoms with Gasteiger partial charge in [0.25, 0.3) is 6.43 Å². The van der Waals surface area contributed by atoms with Gasteiger partial charge in [0.15, 0.2) is 12.0 Å². The minimum Gasteiger partial charge on any atom is -0.397 e. The molecule has 0 spiro atoms. The number of pyridine rings is 1. The number of hydrogen-bond donors (Lipinski definition) is 1. The summed E-state index contributed by atoms with van der Waals surface area (Å²) in [4.78, 5) is 13.7. The van der Waals surface area contributed by atoms with Crippen molar-refractivity contribution < 1.29 is 13.6 Å². The summed E-state index contributed by atoms with van der Waals surface area (Å²) in [5, 5.41) is 8.49. The third-order valence-electron chi connectivity index (χ3n) is 1.55. The summed E-state index contributed by atoms with van der Waals surface area (Å²) in [7, 11) is 0. The van der Waals surface area contributed by atoms with Crippen molar-refractivity contribution >= 4 is 12.0 Å². The Balaban J connectivity index is 3.39. The van der Waals surface area contributed by atoms with Gasteiger partial charge in [-0.1, -0.05) is 0 Å². The fourth-order valence-corrected chi connectivity index (χ4v) is 0.914. The summed E-state index contributed by atoms with van der Waals surface area (Å²) in [6.07, 6.45) is -2.51. The molecule has 1 heterocycles. The Morgan fingerprint density at radius 1 is 1.64 bits per heavy atom. The summed E-state index contributed by atoms with van der Waals surface area (Å²) < 4.78 is 24.5. The van der Waals surface area contributed by atoms with Gasteiger partial charge in [0, 0.05) is 0 Å². The van der Waals surface area contributed by atoms with Crippen molar-refractivity contribution in [3.8, 4) is 6.07 Å². The largest absolute Gasteiger partial charge is 0.397 e. The van der Waals surface area contributed by atoms with Crippen molar-refractivity contribution in [2.75, 3.05) is 5.73 Å². The summed E-state index contributed by atoms with van der Waals surface area (Å²) >= 11 is 0. The highest BCUT2D eigenvalue weighted by Crippen LogP contribution is 2.24. The van der Waals surface area contributed by atoms with Crippen molar-refractivity contribution in [1.82, 2.24) is 4.98 Å². The van der Waals surface area contributed by atoms with E-state index < -0.39 is 12.1 Å². The van der Waals surface area contributed by atoms with Crippen LogP contribution in [-0.4, -0.2) is 11.3 Å². The molecule has 0 bridgehead atoms. The number of rotatable bonds is 2. The van der Waals surface area contributed by atoms with Crippen LogP contribution in [0.5, 0.6) is 0 Å². The molecule has 72 valence electrons. The molecule has 6 heteroatoms. The van der Waals surface area contributed by atoms with Gasteiger partial charge in [-0.2, -0.15) is 5.26 Å². The van der Waals surface area contributed by atoms with E-state index in [1.807, 2.05) is 0 Å². The number of carbonyl (C=O) groups is 1. The van der Waals surface area contributed by atoms with E-state index in [-0.39, 0.29) is 16.9 Å². The molecular weight excluding hydrogens is 192 g/mol. The van der Waals surface area contributed by atoms with E-state index in [0.29, 0.717) is 6.29 Å². The molecule has 0 saturated carbocycles. The van der Waals surface area contributed by atoms with Crippen LogP contribution in [0.25, 0.3) is 0 Å². The maximum atomic E-state index is 12.2. The minimum absolute atomic E-state index is 0.0885. The molecule has 0 aliphatic heterocycles. The highest BCUT2D eigenvalue weighted by molar-refractivity contribution is 5.80. The molecule has 0 unspecified atom stereocenters. The smallest absolute Gasteiger partial charge is 0.282 e. The van der Waals surface area contributed by atoms with E-state index in [2.05, 4.69) is 4.98 Å². The zero-order chi connectivity index (χ0) is 10.7. The molecule has 1 aromatic heterocycles. The molecule has 4 nitrogen and oxygen atoms in total. The number of nitrogens with two attached hydrogens (primary N) is 1. The molecular formula is C8H5F2N3O. The quantitative estimate of drug-likeness (QED) is 0.724. The molecule has 2 N–H and O–H groups in total. The van der Waals surface area contributed by atoms with Gasteiger partial charge in [0.05, 0.1) is 11.3 Å². The molecule has 0 aromatic carbocycles. The maximum absolute atomic E-state index is 12.2. The highest BCUT2D eigenvalue weighted by atomic mass is 19.3. The number of hydrogen-bond acceptors (Lipinski definition) is 4. The van der Waals surface area contributed by atoms with E-state index in [1.165, 1.54) is 6.07 Å². The number of aromatic nitrogens is 1. The zero-order valence-corrected chi connectivity index (χ0v) is 6.87. The van der Waals surface area contributed by atoms with Gasteiger partial charge in [-0.25, -0.2) is 13.8 Å². The van der Waals surface area contributed by atoms with Gasteiger partial charge in [0.1, 0.15) is 11.8 Å². The van der Waals surface area contributed by atoms with E-state index in [1.54, 1.807) is 0 Å². The first-order chi connectivity index (χ1) is 6.60. The second-order valence-corrected chi connectivity index (χ2v) is 2.43. The fourth-order valence-electron chi connectivity index (χ4n) is 0.914. The number of nitrogen functional groups attached to an aromatic ring is 1. The van der Waals surface area contributed by atoms with Crippen LogP contribution >= 0.6 is 0 Å². The minimum atomic E-state index is -2.86. The van der Waals surface area contributed by atoms with Crippen LogP contribution in [0.2, 0.25) is 0 Å². The van der Waals surface area contributed by atoms with Crippen molar-refractivity contribution in [3.63, 3.8) is 0 Å². The van der Waals surface area contributed by atoms with Crippen molar-refractivity contribution in [3.05, 3.63) is 23.0 Å². The number of nitrogens with zero attached hydrogens (tertiary/aromatic N) is 2. The number of carbonyl (C=O) groups excluding carboxylic acids is 1. The van der Waals surface area contributed by atoms with Crippen LogP contribution in [0.1, 0.15) is 28.2 Å². The van der Waals surface area contributed by atoms with Crippen LogP contribution in [0.15, 0.2) is 6.07 Å². The first-order valence-electron chi connectivity index (χ1n) is 3.54. The lowest BCUT2D eigenvalue weighted by atomic mass is 10.1. The predicted molar refractivity (Wildman–Crippen MR) is 43.7 cm³/mol. The lowest BCUT2D eigenvalue weighted by Gasteiger charge is -2.04. The zero-order valence-electron chi connectivity index (χ0n) is 6.87. The molecule has 0 amide bonds. The predicted octanol–water partition coefficient (Wildman–Crippen LogP) is 1.29. The van der Waals surface area contributed by atoms with Crippen LogP contribution in [-0.2, 0) is 0 Å². The monoisotopic (exact) mass is 197 g/mol. The summed E-state index contributed by atoms with van der Waals surface area (Å²) in [5.41, 5.74) is 3.81. The van der Waals surface area contributed by atoms with Gasteiger partial charge in [-0.05, 0) is 6.07 Å². The van der Waals surface area contributed by atoms with E-state index in [0.717, 1.165) is 6.07 Å². The Kier molecular flexibility index (Phi) is 2.72. The van der Waals surface area contributed by atoms with Crippen molar-refractivity contribution in [2.24, 2.45) is 0 Å². The van der Waals surface area contributed by atoms with E-state index in [4.69, 9.17) is 11.0 Å². The number of alkyl halides is 2. The van der Waals surface area contributed by atoms with E-state index >= 15 is 0 Å². The lowest BCUT2D eigenvalue weighted by molar-refractivity contribution is 0.112. The fraction of sp³-hybridized carbons (Fsp3) is 0.125. The number of aldehydes is 1. The standard InChI is InChI=1S/C8H5F2N3O/c9-8(10)7-5(12)1-4(3-14)6(2-11)13-7/h1,3,8H,12H2. The molecule has 0 radical (unpaired) electrons.